The number of hydrogen-bond donors (Lipinski definition) is 0. The summed E-state index contributed by atoms with van der Waals surface area (Å²) in [4.78, 5) is 0. The van der Waals surface area contributed by atoms with E-state index in [2.05, 4.69) is 43.7 Å². The zero-order valence-electron chi connectivity index (χ0n) is 12.0. The van der Waals surface area contributed by atoms with Gasteiger partial charge >= 0.3 is 119 Å². The first kappa shape index (κ1) is 14.7. The molecule has 1 fully saturated rings. The number of rotatable bonds is 4. The maximum absolute atomic E-state index is 6.14. The number of hydrogen-bond acceptors (Lipinski definition) is 3. The third kappa shape index (κ3) is 2.74. The van der Waals surface area contributed by atoms with Crippen LogP contribution in [0, 0.1) is 0 Å². The van der Waals surface area contributed by atoms with Gasteiger partial charge in [0, 0.05) is 0 Å². The molecule has 0 aromatic rings. The van der Waals surface area contributed by atoms with E-state index in [9.17, 15) is 0 Å². The van der Waals surface area contributed by atoms with Crippen molar-refractivity contribution in [2.75, 3.05) is 13.7 Å². The van der Waals surface area contributed by atoms with Crippen LogP contribution in [0.5, 0.6) is 0 Å². The molecule has 2 rings (SSSR count). The van der Waals surface area contributed by atoms with Gasteiger partial charge in [0.25, 0.3) is 0 Å². The van der Waals surface area contributed by atoms with Crippen molar-refractivity contribution in [3.63, 3.8) is 0 Å². The molecule has 1 saturated heterocycles. The SMILES string of the molecule is COC[CH2][In]1[CH]=CC=[C]1B1OC(C)(C)C(C)(C)O1. The normalized spacial score (nSPS) is 24.8. The number of ether oxygens (including phenoxy) is 1. The Morgan fingerprint density at radius 1 is 1.22 bits per heavy atom. The monoisotopic (exact) mass is 352 g/mol. The average molecular weight is 352 g/mol. The summed E-state index contributed by atoms with van der Waals surface area (Å²) in [6.45, 7) is 9.28. The Balaban J connectivity index is 2.06. The summed E-state index contributed by atoms with van der Waals surface area (Å²) >= 11 is -1.82. The summed E-state index contributed by atoms with van der Waals surface area (Å²) in [6.07, 6.45) is 4.38. The molecule has 0 atom stereocenters. The van der Waals surface area contributed by atoms with E-state index in [-0.39, 0.29) is 18.3 Å². The van der Waals surface area contributed by atoms with Gasteiger partial charge in [-0.3, -0.25) is 0 Å². The Kier molecular flexibility index (Phi) is 4.37. The fourth-order valence-corrected chi connectivity index (χ4v) is 9.30. The first-order valence-corrected chi connectivity index (χ1v) is 12.5. The molecule has 0 saturated carbocycles. The summed E-state index contributed by atoms with van der Waals surface area (Å²) in [5, 5.41) is 0. The molecular formula is C13H22BInO3. The van der Waals surface area contributed by atoms with Crippen LogP contribution in [0.1, 0.15) is 27.7 Å². The summed E-state index contributed by atoms with van der Waals surface area (Å²) in [5.41, 5.74) is -0.475. The van der Waals surface area contributed by atoms with E-state index in [0.717, 1.165) is 6.61 Å². The van der Waals surface area contributed by atoms with Crippen LogP contribution in [-0.2, 0) is 14.0 Å². The van der Waals surface area contributed by atoms with E-state index in [1.807, 2.05) is 0 Å². The molecule has 0 spiro atoms. The summed E-state index contributed by atoms with van der Waals surface area (Å²) in [6, 6.07) is 0. The molecule has 0 N–H and O–H groups in total. The number of methoxy groups -OCH3 is 1. The third-order valence-corrected chi connectivity index (χ3v) is 12.4. The van der Waals surface area contributed by atoms with Gasteiger partial charge < -0.3 is 0 Å². The van der Waals surface area contributed by atoms with Crippen LogP contribution >= 0.6 is 0 Å². The molecule has 2 heterocycles. The molecule has 0 unspecified atom stereocenters. The van der Waals surface area contributed by atoms with Crippen LogP contribution in [0.25, 0.3) is 0 Å². The van der Waals surface area contributed by atoms with E-state index in [4.69, 9.17) is 14.0 Å². The minimum atomic E-state index is -1.82. The summed E-state index contributed by atoms with van der Waals surface area (Å²) in [7, 11) is 1.63. The topological polar surface area (TPSA) is 27.7 Å². The fourth-order valence-electron chi connectivity index (χ4n) is 2.28. The first-order valence-electron chi connectivity index (χ1n) is 6.60. The van der Waals surface area contributed by atoms with Crippen molar-refractivity contribution in [3.8, 4) is 0 Å². The van der Waals surface area contributed by atoms with Gasteiger partial charge in [-0.1, -0.05) is 0 Å². The van der Waals surface area contributed by atoms with Crippen molar-refractivity contribution < 1.29 is 14.0 Å². The van der Waals surface area contributed by atoms with Crippen molar-refractivity contribution in [1.82, 2.24) is 0 Å². The first-order chi connectivity index (χ1) is 8.37. The van der Waals surface area contributed by atoms with Crippen LogP contribution in [0.4, 0.5) is 0 Å². The molecule has 0 amide bonds. The van der Waals surface area contributed by atoms with E-state index < -0.39 is 21.4 Å². The quantitative estimate of drug-likeness (QED) is 0.728. The second-order valence-electron chi connectivity index (χ2n) is 6.03. The molecule has 2 aliphatic rings. The van der Waals surface area contributed by atoms with Crippen molar-refractivity contribution in [3.05, 3.63) is 19.2 Å². The molecule has 98 valence electrons. The van der Waals surface area contributed by atoms with E-state index in [1.54, 1.807) is 7.11 Å². The predicted molar refractivity (Wildman–Crippen MR) is 75.7 cm³/mol. The molecule has 3 nitrogen and oxygen atoms in total. The third-order valence-electron chi connectivity index (χ3n) is 4.22. The zero-order valence-corrected chi connectivity index (χ0v) is 15.3. The van der Waals surface area contributed by atoms with Gasteiger partial charge in [0.15, 0.2) is 0 Å². The molecule has 2 aliphatic heterocycles. The number of allylic oxidation sites excluding steroid dienone is 2. The molecule has 18 heavy (non-hydrogen) atoms. The average Bonchev–Trinajstić information content (AvgIpc) is 2.79. The molecule has 0 bridgehead atoms. The predicted octanol–water partition coefficient (Wildman–Crippen LogP) is 2.33. The van der Waals surface area contributed by atoms with E-state index in [0.29, 0.717) is 0 Å². The van der Waals surface area contributed by atoms with Crippen molar-refractivity contribution >= 4 is 28.6 Å². The fraction of sp³-hybridized carbons (Fsp3) is 0.692. The second kappa shape index (κ2) is 5.35. The summed E-state index contributed by atoms with van der Waals surface area (Å²) < 4.78 is 22.5. The Morgan fingerprint density at radius 3 is 2.39 bits per heavy atom. The Morgan fingerprint density at radius 2 is 1.83 bits per heavy atom. The Labute approximate surface area is 118 Å². The standard InChI is InChI=1S/C10H15BO2.C3H7O.In/c1-6-7-8-11-12-9(2,3)10(4,5)13-11;1-3-4-2;/h1,6-7H,2-5H3;1,3H2,2H3;. The second-order valence-corrected chi connectivity index (χ2v) is 14.1. The molecule has 0 aliphatic carbocycles. The summed E-state index contributed by atoms with van der Waals surface area (Å²) in [5.74, 6) is 0. The van der Waals surface area contributed by atoms with Gasteiger partial charge in [-0.25, -0.2) is 0 Å². The maximum atomic E-state index is 6.14. The van der Waals surface area contributed by atoms with E-state index >= 15 is 0 Å². The van der Waals surface area contributed by atoms with Crippen LogP contribution in [-0.4, -0.2) is 53.5 Å². The van der Waals surface area contributed by atoms with Crippen LogP contribution in [0.15, 0.2) is 19.2 Å². The van der Waals surface area contributed by atoms with Gasteiger partial charge in [0.1, 0.15) is 0 Å². The molecule has 0 radical (unpaired) electrons. The van der Waals surface area contributed by atoms with Crippen LogP contribution in [0.2, 0.25) is 4.18 Å². The zero-order chi connectivity index (χ0) is 13.4. The van der Waals surface area contributed by atoms with Crippen LogP contribution in [0.3, 0.4) is 0 Å². The molecule has 0 aromatic carbocycles. The van der Waals surface area contributed by atoms with Crippen LogP contribution < -0.4 is 0 Å². The van der Waals surface area contributed by atoms with Gasteiger partial charge in [0.05, 0.1) is 0 Å². The van der Waals surface area contributed by atoms with Gasteiger partial charge in [-0.2, -0.15) is 0 Å². The van der Waals surface area contributed by atoms with Crippen molar-refractivity contribution in [1.29, 1.82) is 0 Å². The molecular weight excluding hydrogens is 330 g/mol. The Hall–Kier alpha value is 0.295. The molecule has 0 aromatic heterocycles. The van der Waals surface area contributed by atoms with E-state index in [1.165, 1.54) is 7.41 Å². The van der Waals surface area contributed by atoms with Crippen molar-refractivity contribution in [2.24, 2.45) is 0 Å². The molecule has 5 heteroatoms. The van der Waals surface area contributed by atoms with Gasteiger partial charge in [0.2, 0.25) is 0 Å². The van der Waals surface area contributed by atoms with Gasteiger partial charge in [-0.15, -0.1) is 0 Å². The van der Waals surface area contributed by atoms with Gasteiger partial charge in [-0.05, 0) is 0 Å². The van der Waals surface area contributed by atoms with Crippen molar-refractivity contribution in [2.45, 2.75) is 43.1 Å². The minimum absolute atomic E-state index is 0.136. The Bertz CT molecular complexity index is 360.